The predicted octanol–water partition coefficient (Wildman–Crippen LogP) is -1.79. The zero-order chi connectivity index (χ0) is 9.84. The molecule has 0 atom stereocenters. The molecule has 1 aliphatic heterocycles. The van der Waals surface area contributed by atoms with Gasteiger partial charge in [0.05, 0.1) is 0 Å². The Morgan fingerprint density at radius 3 is 2.31 bits per heavy atom. The van der Waals surface area contributed by atoms with Crippen LogP contribution in [-0.4, -0.2) is 31.7 Å². The molecule has 13 heavy (non-hydrogen) atoms. The standard InChI is InChI=1S/C6H13N3O3S/c7-8-6(10)5-1-3-9(4-2-5)13(11)12/h5,13H,1-4,7H2,(H,8,10). The van der Waals surface area contributed by atoms with Crippen molar-refractivity contribution < 1.29 is 13.2 Å². The molecule has 1 saturated heterocycles. The van der Waals surface area contributed by atoms with E-state index >= 15 is 0 Å². The summed E-state index contributed by atoms with van der Waals surface area (Å²) >= 11 is 0. The van der Waals surface area contributed by atoms with Crippen LogP contribution in [0.1, 0.15) is 12.8 Å². The van der Waals surface area contributed by atoms with Crippen molar-refractivity contribution in [3.63, 3.8) is 0 Å². The van der Waals surface area contributed by atoms with E-state index in [2.05, 4.69) is 5.43 Å². The summed E-state index contributed by atoms with van der Waals surface area (Å²) in [5.74, 6) is 4.61. The van der Waals surface area contributed by atoms with Crippen LogP contribution in [0.4, 0.5) is 0 Å². The molecule has 0 saturated carbocycles. The summed E-state index contributed by atoms with van der Waals surface area (Å²) in [5, 5.41) is 0. The summed E-state index contributed by atoms with van der Waals surface area (Å²) in [7, 11) is -2.49. The van der Waals surface area contributed by atoms with Crippen LogP contribution in [-0.2, 0) is 15.7 Å². The third kappa shape index (κ3) is 2.64. The quantitative estimate of drug-likeness (QED) is 0.216. The van der Waals surface area contributed by atoms with Gasteiger partial charge in [-0.15, -0.1) is 0 Å². The number of nitrogens with one attached hydrogen (secondary N) is 1. The molecular formula is C6H13N3O3S. The molecule has 0 aromatic rings. The van der Waals surface area contributed by atoms with E-state index < -0.39 is 10.9 Å². The lowest BCUT2D eigenvalue weighted by molar-refractivity contribution is -0.126. The van der Waals surface area contributed by atoms with Gasteiger partial charge in [-0.1, -0.05) is 0 Å². The molecule has 0 spiro atoms. The first-order valence-corrected chi connectivity index (χ1v) is 5.18. The van der Waals surface area contributed by atoms with E-state index in [0.29, 0.717) is 25.9 Å². The second-order valence-electron chi connectivity index (χ2n) is 2.97. The first-order chi connectivity index (χ1) is 6.15. The topological polar surface area (TPSA) is 92.5 Å². The van der Waals surface area contributed by atoms with Crippen LogP contribution in [0.2, 0.25) is 0 Å². The number of thiol groups is 1. The number of amides is 1. The van der Waals surface area contributed by atoms with Crippen LogP contribution in [0.3, 0.4) is 0 Å². The highest BCUT2D eigenvalue weighted by atomic mass is 32.2. The van der Waals surface area contributed by atoms with Crippen LogP contribution in [0, 0.1) is 5.92 Å². The van der Waals surface area contributed by atoms with E-state index in [1.165, 1.54) is 4.31 Å². The van der Waals surface area contributed by atoms with E-state index in [0.717, 1.165) is 0 Å². The number of nitrogens with two attached hydrogens (primary N) is 1. The number of rotatable bonds is 2. The predicted molar refractivity (Wildman–Crippen MR) is 46.9 cm³/mol. The maximum atomic E-state index is 11.0. The monoisotopic (exact) mass is 207 g/mol. The second kappa shape index (κ2) is 4.54. The number of carbonyl (C=O) groups is 1. The van der Waals surface area contributed by atoms with Crippen molar-refractivity contribution in [2.24, 2.45) is 11.8 Å². The molecule has 0 aliphatic carbocycles. The number of nitrogens with zero attached hydrogens (tertiary/aromatic N) is 1. The van der Waals surface area contributed by atoms with E-state index in [1.807, 2.05) is 0 Å². The van der Waals surface area contributed by atoms with Gasteiger partial charge in [-0.3, -0.25) is 10.2 Å². The molecule has 0 unspecified atom stereocenters. The smallest absolute Gasteiger partial charge is 0.237 e. The number of carbonyl (C=O) groups excluding carboxylic acids is 1. The minimum absolute atomic E-state index is 0.142. The zero-order valence-corrected chi connectivity index (χ0v) is 8.00. The molecule has 1 aliphatic rings. The Kier molecular flexibility index (Phi) is 3.64. The van der Waals surface area contributed by atoms with Gasteiger partial charge in [0.25, 0.3) is 0 Å². The Bertz CT molecular complexity index is 250. The van der Waals surface area contributed by atoms with Gasteiger partial charge in [0, 0.05) is 19.0 Å². The molecule has 76 valence electrons. The second-order valence-corrected chi connectivity index (χ2v) is 4.02. The molecular weight excluding hydrogens is 194 g/mol. The Balaban J connectivity index is 2.43. The van der Waals surface area contributed by atoms with Crippen molar-refractivity contribution in [1.82, 2.24) is 9.73 Å². The van der Waals surface area contributed by atoms with Crippen LogP contribution in [0.5, 0.6) is 0 Å². The number of piperidine rings is 1. The van der Waals surface area contributed by atoms with Gasteiger partial charge in [0.15, 0.2) is 0 Å². The highest BCUT2D eigenvalue weighted by Crippen LogP contribution is 2.16. The van der Waals surface area contributed by atoms with Crippen molar-refractivity contribution in [1.29, 1.82) is 0 Å². The van der Waals surface area contributed by atoms with Crippen LogP contribution in [0.15, 0.2) is 0 Å². The maximum absolute atomic E-state index is 11.0. The highest BCUT2D eigenvalue weighted by molar-refractivity contribution is 7.69. The summed E-state index contributed by atoms with van der Waals surface area (Å²) in [4.78, 5) is 11.0. The van der Waals surface area contributed by atoms with Gasteiger partial charge in [-0.25, -0.2) is 18.6 Å². The Morgan fingerprint density at radius 2 is 1.92 bits per heavy atom. The summed E-state index contributed by atoms with van der Waals surface area (Å²) < 4.78 is 22.4. The molecule has 1 amide bonds. The third-order valence-electron chi connectivity index (χ3n) is 2.22. The highest BCUT2D eigenvalue weighted by Gasteiger charge is 2.25. The fraction of sp³-hybridized carbons (Fsp3) is 0.833. The van der Waals surface area contributed by atoms with E-state index in [-0.39, 0.29) is 11.8 Å². The summed E-state index contributed by atoms with van der Waals surface area (Å²) in [6.07, 6.45) is 1.10. The Hall–Kier alpha value is -0.660. The Morgan fingerprint density at radius 1 is 1.38 bits per heavy atom. The summed E-state index contributed by atoms with van der Waals surface area (Å²) in [5.41, 5.74) is 2.07. The van der Waals surface area contributed by atoms with Crippen molar-refractivity contribution >= 4 is 16.8 Å². The van der Waals surface area contributed by atoms with Gasteiger partial charge in [-0.05, 0) is 12.8 Å². The molecule has 7 heteroatoms. The van der Waals surface area contributed by atoms with Gasteiger partial charge >= 0.3 is 0 Å². The average molecular weight is 207 g/mol. The molecule has 1 rings (SSSR count). The maximum Gasteiger partial charge on any atom is 0.237 e. The van der Waals surface area contributed by atoms with Crippen molar-refractivity contribution in [2.45, 2.75) is 12.8 Å². The average Bonchev–Trinajstić information content (AvgIpc) is 2.17. The van der Waals surface area contributed by atoms with Crippen LogP contribution >= 0.6 is 0 Å². The molecule has 0 aromatic carbocycles. The minimum atomic E-state index is -2.49. The van der Waals surface area contributed by atoms with E-state index in [9.17, 15) is 13.2 Å². The molecule has 3 N–H and O–H groups in total. The number of hydrogen-bond donors (Lipinski definition) is 3. The SMILES string of the molecule is NNC(=O)C1CCN([SH](=O)=O)CC1. The fourth-order valence-electron chi connectivity index (χ4n) is 1.41. The first-order valence-electron chi connectivity index (χ1n) is 4.05. The molecule has 1 heterocycles. The van der Waals surface area contributed by atoms with E-state index in [4.69, 9.17) is 5.84 Å². The summed E-state index contributed by atoms with van der Waals surface area (Å²) in [6, 6.07) is 0. The lowest BCUT2D eigenvalue weighted by Gasteiger charge is -2.26. The van der Waals surface area contributed by atoms with Gasteiger partial charge in [-0.2, -0.15) is 0 Å². The Labute approximate surface area is 78.1 Å². The van der Waals surface area contributed by atoms with Crippen LogP contribution in [0.25, 0.3) is 0 Å². The fourth-order valence-corrected chi connectivity index (χ4v) is 1.97. The molecule has 0 radical (unpaired) electrons. The van der Waals surface area contributed by atoms with Crippen molar-refractivity contribution in [3.8, 4) is 0 Å². The molecule has 0 aromatic heterocycles. The van der Waals surface area contributed by atoms with Crippen molar-refractivity contribution in [3.05, 3.63) is 0 Å². The lowest BCUT2D eigenvalue weighted by atomic mass is 9.98. The lowest BCUT2D eigenvalue weighted by Crippen LogP contribution is -2.42. The molecule has 1 fully saturated rings. The zero-order valence-electron chi connectivity index (χ0n) is 7.10. The third-order valence-corrected chi connectivity index (χ3v) is 3.08. The van der Waals surface area contributed by atoms with Gasteiger partial charge in [0.2, 0.25) is 16.8 Å². The normalized spacial score (nSPS) is 20.5. The first kappa shape index (κ1) is 10.4. The van der Waals surface area contributed by atoms with E-state index in [1.54, 1.807) is 0 Å². The van der Waals surface area contributed by atoms with Crippen LogP contribution < -0.4 is 11.3 Å². The van der Waals surface area contributed by atoms with Gasteiger partial charge < -0.3 is 0 Å². The number of hydrogen-bond acceptors (Lipinski definition) is 4. The summed E-state index contributed by atoms with van der Waals surface area (Å²) in [6.45, 7) is 0.827. The molecule has 6 nitrogen and oxygen atoms in total. The number of hydrazine groups is 1. The van der Waals surface area contributed by atoms with Gasteiger partial charge in [0.1, 0.15) is 0 Å². The largest absolute Gasteiger partial charge is 0.294 e. The molecule has 0 bridgehead atoms. The minimum Gasteiger partial charge on any atom is -0.294 e. The van der Waals surface area contributed by atoms with Crippen molar-refractivity contribution in [2.75, 3.05) is 13.1 Å².